The van der Waals surface area contributed by atoms with Gasteiger partial charge in [-0.1, -0.05) is 12.6 Å². The Bertz CT molecular complexity index is 709. The Morgan fingerprint density at radius 1 is 1.38 bits per heavy atom. The molecule has 126 valence electrons. The Morgan fingerprint density at radius 3 is 2.96 bits per heavy atom. The number of benzene rings is 1. The van der Waals surface area contributed by atoms with E-state index < -0.39 is 0 Å². The molecule has 1 atom stereocenters. The van der Waals surface area contributed by atoms with Crippen LogP contribution in [0, 0.1) is 0 Å². The topological polar surface area (TPSA) is 47.4 Å². The number of nitrogens with zero attached hydrogens (tertiary/aromatic N) is 3. The molecular weight excluding hydrogens is 302 g/mol. The van der Waals surface area contributed by atoms with Gasteiger partial charge in [0.1, 0.15) is 0 Å². The van der Waals surface area contributed by atoms with Crippen molar-refractivity contribution in [3.8, 4) is 5.69 Å². The fraction of sp³-hybridized carbons (Fsp3) is 0.368. The minimum Gasteiger partial charge on any atom is -0.463 e. The van der Waals surface area contributed by atoms with E-state index >= 15 is 0 Å². The predicted octanol–water partition coefficient (Wildman–Crippen LogP) is 3.35. The second-order valence-corrected chi connectivity index (χ2v) is 5.94. The van der Waals surface area contributed by atoms with Gasteiger partial charge in [0, 0.05) is 30.3 Å². The Labute approximate surface area is 142 Å². The summed E-state index contributed by atoms with van der Waals surface area (Å²) < 4.78 is 7.12. The molecule has 1 aromatic carbocycles. The first-order chi connectivity index (χ1) is 11.7. The summed E-state index contributed by atoms with van der Waals surface area (Å²) in [6, 6.07) is 8.28. The molecule has 0 aliphatic carbocycles. The minimum absolute atomic E-state index is 0.00385. The molecule has 0 bridgehead atoms. The molecule has 2 heterocycles. The van der Waals surface area contributed by atoms with Crippen molar-refractivity contribution >= 4 is 11.7 Å². The maximum atomic E-state index is 12.1. The van der Waals surface area contributed by atoms with Crippen LogP contribution in [0.5, 0.6) is 0 Å². The Morgan fingerprint density at radius 2 is 2.21 bits per heavy atom. The highest BCUT2D eigenvalue weighted by Crippen LogP contribution is 2.30. The number of hydrogen-bond acceptors (Lipinski definition) is 4. The zero-order valence-electron chi connectivity index (χ0n) is 14.0. The second-order valence-electron chi connectivity index (χ2n) is 5.94. The van der Waals surface area contributed by atoms with Gasteiger partial charge in [0.15, 0.2) is 0 Å². The molecule has 1 saturated heterocycles. The largest absolute Gasteiger partial charge is 0.463 e. The zero-order chi connectivity index (χ0) is 16.9. The first-order valence-electron chi connectivity index (χ1n) is 8.41. The van der Waals surface area contributed by atoms with Crippen LogP contribution in [0.25, 0.3) is 5.69 Å². The standard InChI is InChI=1S/C19H23N3O2/c1-3-24-19(23)15(2)18-9-4-5-11-22(18)17-8-6-7-16(13-17)21-12-10-20-14-21/h6-8,10,12-14,18H,2-5,9,11H2,1H3. The van der Waals surface area contributed by atoms with E-state index in [1.54, 1.807) is 12.5 Å². The average molecular weight is 325 g/mol. The van der Waals surface area contributed by atoms with Gasteiger partial charge in [-0.2, -0.15) is 0 Å². The lowest BCUT2D eigenvalue weighted by Gasteiger charge is -2.38. The van der Waals surface area contributed by atoms with Crippen LogP contribution in [0.2, 0.25) is 0 Å². The normalized spacial score (nSPS) is 17.5. The van der Waals surface area contributed by atoms with Gasteiger partial charge in [-0.3, -0.25) is 0 Å². The third-order valence-corrected chi connectivity index (χ3v) is 4.41. The van der Waals surface area contributed by atoms with E-state index in [1.807, 2.05) is 29.8 Å². The number of rotatable bonds is 5. The Hall–Kier alpha value is -2.56. The Kier molecular flexibility index (Phi) is 4.99. The van der Waals surface area contributed by atoms with Crippen molar-refractivity contribution in [2.24, 2.45) is 0 Å². The predicted molar refractivity (Wildman–Crippen MR) is 94.3 cm³/mol. The molecule has 2 aromatic rings. The van der Waals surface area contributed by atoms with Crippen LogP contribution in [0.3, 0.4) is 0 Å². The Balaban J connectivity index is 1.87. The van der Waals surface area contributed by atoms with Crippen molar-refractivity contribution in [2.45, 2.75) is 32.2 Å². The quantitative estimate of drug-likeness (QED) is 0.625. The van der Waals surface area contributed by atoms with Gasteiger partial charge in [0.2, 0.25) is 0 Å². The molecule has 1 fully saturated rings. The number of carbonyl (C=O) groups is 1. The van der Waals surface area contributed by atoms with E-state index in [4.69, 9.17) is 4.74 Å². The number of anilines is 1. The second kappa shape index (κ2) is 7.34. The highest BCUT2D eigenvalue weighted by Gasteiger charge is 2.29. The van der Waals surface area contributed by atoms with Gasteiger partial charge in [-0.15, -0.1) is 0 Å². The number of piperidine rings is 1. The summed E-state index contributed by atoms with van der Waals surface area (Å²) in [6.07, 6.45) is 8.60. The zero-order valence-corrected chi connectivity index (χ0v) is 14.0. The summed E-state index contributed by atoms with van der Waals surface area (Å²) >= 11 is 0. The lowest BCUT2D eigenvalue weighted by atomic mass is 9.95. The molecule has 1 aromatic heterocycles. The molecular formula is C19H23N3O2. The molecule has 24 heavy (non-hydrogen) atoms. The van der Waals surface area contributed by atoms with Gasteiger partial charge in [-0.25, -0.2) is 9.78 Å². The van der Waals surface area contributed by atoms with Crippen LogP contribution in [0.1, 0.15) is 26.2 Å². The summed E-state index contributed by atoms with van der Waals surface area (Å²) in [4.78, 5) is 18.5. The van der Waals surface area contributed by atoms with Crippen molar-refractivity contribution < 1.29 is 9.53 Å². The summed E-state index contributed by atoms with van der Waals surface area (Å²) in [7, 11) is 0. The van der Waals surface area contributed by atoms with E-state index in [1.165, 1.54) is 0 Å². The number of carbonyl (C=O) groups excluding carboxylic acids is 1. The molecule has 3 rings (SSSR count). The fourth-order valence-corrected chi connectivity index (χ4v) is 3.21. The van der Waals surface area contributed by atoms with Crippen LogP contribution < -0.4 is 4.90 Å². The maximum absolute atomic E-state index is 12.1. The molecule has 5 heteroatoms. The first-order valence-corrected chi connectivity index (χ1v) is 8.41. The summed E-state index contributed by atoms with van der Waals surface area (Å²) in [5.41, 5.74) is 2.69. The van der Waals surface area contributed by atoms with E-state index in [-0.39, 0.29) is 12.0 Å². The van der Waals surface area contributed by atoms with Crippen molar-refractivity contribution in [1.29, 1.82) is 0 Å². The molecule has 0 N–H and O–H groups in total. The SMILES string of the molecule is C=C(C(=O)OCC)C1CCCCN1c1cccc(-n2ccnc2)c1. The van der Waals surface area contributed by atoms with E-state index in [2.05, 4.69) is 28.6 Å². The van der Waals surface area contributed by atoms with Crippen molar-refractivity contribution in [3.05, 3.63) is 55.1 Å². The highest BCUT2D eigenvalue weighted by atomic mass is 16.5. The van der Waals surface area contributed by atoms with Crippen LogP contribution >= 0.6 is 0 Å². The van der Waals surface area contributed by atoms with Crippen LogP contribution in [-0.2, 0) is 9.53 Å². The molecule has 0 saturated carbocycles. The highest BCUT2D eigenvalue weighted by molar-refractivity contribution is 5.90. The number of hydrogen-bond donors (Lipinski definition) is 0. The molecule has 0 amide bonds. The number of aromatic nitrogens is 2. The molecule has 0 spiro atoms. The van der Waals surface area contributed by atoms with E-state index in [0.717, 1.165) is 37.2 Å². The maximum Gasteiger partial charge on any atom is 0.335 e. The van der Waals surface area contributed by atoms with Crippen molar-refractivity contribution in [2.75, 3.05) is 18.1 Å². The third kappa shape index (κ3) is 3.35. The molecule has 1 aliphatic heterocycles. The number of ether oxygens (including phenoxy) is 1. The molecule has 5 nitrogen and oxygen atoms in total. The minimum atomic E-state index is -0.292. The third-order valence-electron chi connectivity index (χ3n) is 4.41. The number of esters is 1. The first kappa shape index (κ1) is 16.3. The summed E-state index contributed by atoms with van der Waals surface area (Å²) in [5, 5.41) is 0. The van der Waals surface area contributed by atoms with Crippen molar-refractivity contribution in [3.63, 3.8) is 0 Å². The van der Waals surface area contributed by atoms with E-state index in [0.29, 0.717) is 12.2 Å². The van der Waals surface area contributed by atoms with Gasteiger partial charge >= 0.3 is 5.97 Å². The van der Waals surface area contributed by atoms with Crippen LogP contribution in [0.4, 0.5) is 5.69 Å². The van der Waals surface area contributed by atoms with Gasteiger partial charge < -0.3 is 14.2 Å². The number of imidazole rings is 1. The van der Waals surface area contributed by atoms with E-state index in [9.17, 15) is 4.79 Å². The molecule has 0 radical (unpaired) electrons. The lowest BCUT2D eigenvalue weighted by molar-refractivity contribution is -0.138. The van der Waals surface area contributed by atoms with Gasteiger partial charge in [0.25, 0.3) is 0 Å². The van der Waals surface area contributed by atoms with Crippen molar-refractivity contribution in [1.82, 2.24) is 9.55 Å². The van der Waals surface area contributed by atoms with Gasteiger partial charge in [-0.05, 0) is 44.4 Å². The lowest BCUT2D eigenvalue weighted by Crippen LogP contribution is -2.42. The fourth-order valence-electron chi connectivity index (χ4n) is 3.21. The summed E-state index contributed by atoms with van der Waals surface area (Å²) in [6.45, 7) is 7.12. The smallest absolute Gasteiger partial charge is 0.335 e. The summed E-state index contributed by atoms with van der Waals surface area (Å²) in [5.74, 6) is -0.292. The molecule has 1 unspecified atom stereocenters. The van der Waals surface area contributed by atoms with Gasteiger partial charge in [0.05, 0.1) is 24.5 Å². The molecule has 1 aliphatic rings. The van der Waals surface area contributed by atoms with Crippen LogP contribution in [0.15, 0.2) is 55.1 Å². The van der Waals surface area contributed by atoms with Crippen LogP contribution in [-0.4, -0.2) is 34.7 Å². The monoisotopic (exact) mass is 325 g/mol. The average Bonchev–Trinajstić information content (AvgIpc) is 3.16.